The van der Waals surface area contributed by atoms with E-state index in [9.17, 15) is 13.2 Å². The van der Waals surface area contributed by atoms with Crippen molar-refractivity contribution in [2.75, 3.05) is 13.7 Å². The van der Waals surface area contributed by atoms with Crippen LogP contribution in [0.25, 0.3) is 0 Å². The van der Waals surface area contributed by atoms with E-state index in [1.165, 1.54) is 0 Å². The van der Waals surface area contributed by atoms with E-state index in [-0.39, 0.29) is 6.42 Å². The van der Waals surface area contributed by atoms with Gasteiger partial charge in [0.2, 0.25) is 0 Å². The van der Waals surface area contributed by atoms with E-state index < -0.39 is 12.6 Å². The summed E-state index contributed by atoms with van der Waals surface area (Å²) in [5, 5.41) is 3.00. The smallest absolute Gasteiger partial charge is 0.389 e. The highest BCUT2D eigenvalue weighted by Gasteiger charge is 2.25. The number of rotatable bonds is 6. The molecule has 0 aliphatic rings. The van der Waals surface area contributed by atoms with Gasteiger partial charge in [-0.1, -0.05) is 12.1 Å². The molecule has 0 heterocycles. The summed E-state index contributed by atoms with van der Waals surface area (Å²) in [4.78, 5) is 0. The van der Waals surface area contributed by atoms with Crippen LogP contribution in [0, 0.1) is 6.92 Å². The molecule has 0 amide bonds. The third kappa shape index (κ3) is 5.40. The topological polar surface area (TPSA) is 21.3 Å². The van der Waals surface area contributed by atoms with Crippen LogP contribution >= 0.6 is 0 Å². The summed E-state index contributed by atoms with van der Waals surface area (Å²) in [6, 6.07) is 5.74. The fourth-order valence-electron chi connectivity index (χ4n) is 1.70. The maximum absolute atomic E-state index is 11.9. The molecule has 18 heavy (non-hydrogen) atoms. The normalized spacial score (nSPS) is 11.6. The first kappa shape index (κ1) is 14.8. The van der Waals surface area contributed by atoms with E-state index in [1.54, 1.807) is 7.11 Å². The number of alkyl halides is 3. The molecule has 0 spiro atoms. The summed E-state index contributed by atoms with van der Waals surface area (Å²) in [7, 11) is 1.61. The van der Waals surface area contributed by atoms with Crippen LogP contribution in [-0.2, 0) is 6.54 Å². The van der Waals surface area contributed by atoms with Crippen LogP contribution in [0.1, 0.15) is 24.0 Å². The van der Waals surface area contributed by atoms with Gasteiger partial charge in [-0.25, -0.2) is 0 Å². The number of aryl methyl sites for hydroxylation is 1. The summed E-state index contributed by atoms with van der Waals surface area (Å²) < 4.78 is 40.8. The monoisotopic (exact) mass is 261 g/mol. The van der Waals surface area contributed by atoms with Crippen molar-refractivity contribution >= 4 is 0 Å². The molecule has 0 aromatic heterocycles. The molecule has 0 aliphatic carbocycles. The zero-order valence-corrected chi connectivity index (χ0v) is 10.6. The number of hydrogen-bond donors (Lipinski definition) is 1. The third-order valence-electron chi connectivity index (χ3n) is 2.60. The fraction of sp³-hybridized carbons (Fsp3) is 0.538. The second kappa shape index (κ2) is 6.64. The molecule has 1 aromatic carbocycles. The number of hydrogen-bond acceptors (Lipinski definition) is 2. The van der Waals surface area contributed by atoms with Crippen molar-refractivity contribution in [2.45, 2.75) is 32.5 Å². The minimum absolute atomic E-state index is 0.110. The Balaban J connectivity index is 2.29. The molecule has 0 saturated carbocycles. The van der Waals surface area contributed by atoms with Crippen LogP contribution in [0.3, 0.4) is 0 Å². The molecular weight excluding hydrogens is 243 g/mol. The highest BCUT2D eigenvalue weighted by molar-refractivity contribution is 5.36. The van der Waals surface area contributed by atoms with Gasteiger partial charge in [-0.05, 0) is 37.1 Å². The Kier molecular flexibility index (Phi) is 5.47. The lowest BCUT2D eigenvalue weighted by Gasteiger charge is -2.09. The van der Waals surface area contributed by atoms with Crippen LogP contribution in [-0.4, -0.2) is 19.8 Å². The number of methoxy groups -OCH3 is 1. The van der Waals surface area contributed by atoms with E-state index in [4.69, 9.17) is 4.74 Å². The van der Waals surface area contributed by atoms with Gasteiger partial charge in [-0.2, -0.15) is 13.2 Å². The van der Waals surface area contributed by atoms with Crippen LogP contribution in [0.5, 0.6) is 5.75 Å². The summed E-state index contributed by atoms with van der Waals surface area (Å²) in [6.07, 6.45) is -4.68. The van der Waals surface area contributed by atoms with E-state index >= 15 is 0 Å². The van der Waals surface area contributed by atoms with Gasteiger partial charge in [0.1, 0.15) is 5.75 Å². The number of halogens is 3. The quantitative estimate of drug-likeness (QED) is 0.792. The minimum atomic E-state index is -4.06. The molecule has 0 saturated heterocycles. The molecule has 1 N–H and O–H groups in total. The van der Waals surface area contributed by atoms with Gasteiger partial charge in [0.25, 0.3) is 0 Å². The van der Waals surface area contributed by atoms with Crippen molar-refractivity contribution in [2.24, 2.45) is 0 Å². The summed E-state index contributed by atoms with van der Waals surface area (Å²) in [6.45, 7) is 2.87. The van der Waals surface area contributed by atoms with Crippen molar-refractivity contribution in [1.82, 2.24) is 5.32 Å². The average molecular weight is 261 g/mol. The molecular formula is C13H18F3NO. The van der Waals surface area contributed by atoms with Gasteiger partial charge in [0.05, 0.1) is 7.11 Å². The summed E-state index contributed by atoms with van der Waals surface area (Å²) in [5.41, 5.74) is 2.06. The van der Waals surface area contributed by atoms with E-state index in [2.05, 4.69) is 5.32 Å². The Labute approximate surface area is 105 Å². The average Bonchev–Trinajstić information content (AvgIpc) is 2.27. The maximum Gasteiger partial charge on any atom is 0.389 e. The first-order valence-corrected chi connectivity index (χ1v) is 5.83. The molecule has 0 unspecified atom stereocenters. The Morgan fingerprint density at radius 1 is 1.28 bits per heavy atom. The molecule has 0 radical (unpaired) electrons. The van der Waals surface area contributed by atoms with Crippen LogP contribution < -0.4 is 10.1 Å². The van der Waals surface area contributed by atoms with Crippen molar-refractivity contribution < 1.29 is 17.9 Å². The second-order valence-electron chi connectivity index (χ2n) is 4.20. The van der Waals surface area contributed by atoms with Crippen molar-refractivity contribution in [3.63, 3.8) is 0 Å². The Hall–Kier alpha value is -1.23. The molecule has 0 atom stereocenters. The number of nitrogens with one attached hydrogen (secondary N) is 1. The van der Waals surface area contributed by atoms with Crippen LogP contribution in [0.2, 0.25) is 0 Å². The highest BCUT2D eigenvalue weighted by atomic mass is 19.4. The van der Waals surface area contributed by atoms with Gasteiger partial charge < -0.3 is 10.1 Å². The van der Waals surface area contributed by atoms with E-state index in [1.807, 2.05) is 25.1 Å². The zero-order valence-electron chi connectivity index (χ0n) is 10.6. The lowest BCUT2D eigenvalue weighted by molar-refractivity contribution is -0.135. The highest BCUT2D eigenvalue weighted by Crippen LogP contribution is 2.21. The third-order valence-corrected chi connectivity index (χ3v) is 2.60. The number of benzene rings is 1. The maximum atomic E-state index is 11.9. The van der Waals surface area contributed by atoms with Gasteiger partial charge >= 0.3 is 6.18 Å². The molecule has 0 fully saturated rings. The Bertz CT molecular complexity index is 377. The predicted octanol–water partition coefficient (Wildman–Crippen LogP) is 3.44. The molecule has 1 aromatic rings. The van der Waals surface area contributed by atoms with Crippen molar-refractivity contribution in [3.05, 3.63) is 29.3 Å². The first-order chi connectivity index (χ1) is 8.42. The van der Waals surface area contributed by atoms with Crippen molar-refractivity contribution in [3.8, 4) is 5.75 Å². The largest absolute Gasteiger partial charge is 0.496 e. The lowest BCUT2D eigenvalue weighted by atomic mass is 10.1. The molecule has 0 bridgehead atoms. The standard InChI is InChI=1S/C13H18F3NO/c1-10-8-11(4-5-12(10)18-2)9-17-7-3-6-13(14,15)16/h4-5,8,17H,3,6-7,9H2,1-2H3. The van der Waals surface area contributed by atoms with Gasteiger partial charge in [-0.15, -0.1) is 0 Å². The fourth-order valence-corrected chi connectivity index (χ4v) is 1.70. The van der Waals surface area contributed by atoms with Gasteiger partial charge in [-0.3, -0.25) is 0 Å². The minimum Gasteiger partial charge on any atom is -0.496 e. The van der Waals surface area contributed by atoms with Crippen LogP contribution in [0.15, 0.2) is 18.2 Å². The van der Waals surface area contributed by atoms with Gasteiger partial charge in [0, 0.05) is 13.0 Å². The lowest BCUT2D eigenvalue weighted by Crippen LogP contribution is -2.17. The number of ether oxygens (including phenoxy) is 1. The second-order valence-corrected chi connectivity index (χ2v) is 4.20. The van der Waals surface area contributed by atoms with E-state index in [0.717, 1.165) is 16.9 Å². The van der Waals surface area contributed by atoms with E-state index in [0.29, 0.717) is 13.1 Å². The summed E-state index contributed by atoms with van der Waals surface area (Å²) >= 11 is 0. The van der Waals surface area contributed by atoms with Crippen molar-refractivity contribution in [1.29, 1.82) is 0 Å². The summed E-state index contributed by atoms with van der Waals surface area (Å²) in [5.74, 6) is 0.816. The molecule has 1 rings (SSSR count). The molecule has 0 aliphatic heterocycles. The zero-order chi connectivity index (χ0) is 13.6. The molecule has 102 valence electrons. The first-order valence-electron chi connectivity index (χ1n) is 5.83. The van der Waals surface area contributed by atoms with Gasteiger partial charge in [0.15, 0.2) is 0 Å². The Morgan fingerprint density at radius 2 is 2.00 bits per heavy atom. The van der Waals surface area contributed by atoms with Crippen LogP contribution in [0.4, 0.5) is 13.2 Å². The predicted molar refractivity (Wildman–Crippen MR) is 64.7 cm³/mol. The molecule has 2 nitrogen and oxygen atoms in total. The SMILES string of the molecule is COc1ccc(CNCCCC(F)(F)F)cc1C. The molecule has 5 heteroatoms. The Morgan fingerprint density at radius 3 is 2.56 bits per heavy atom.